The summed E-state index contributed by atoms with van der Waals surface area (Å²) in [6.45, 7) is 0.550. The summed E-state index contributed by atoms with van der Waals surface area (Å²) >= 11 is 0. The van der Waals surface area contributed by atoms with Crippen molar-refractivity contribution in [1.29, 1.82) is 0 Å². The second kappa shape index (κ2) is 8.57. The van der Waals surface area contributed by atoms with Gasteiger partial charge < -0.3 is 14.7 Å². The zero-order valence-corrected chi connectivity index (χ0v) is 15.6. The van der Waals surface area contributed by atoms with Gasteiger partial charge in [0.1, 0.15) is 11.6 Å². The Kier molecular flexibility index (Phi) is 5.52. The predicted octanol–water partition coefficient (Wildman–Crippen LogP) is 4.23. The van der Waals surface area contributed by atoms with E-state index >= 15 is 0 Å². The Morgan fingerprint density at radius 2 is 1.86 bits per heavy atom. The van der Waals surface area contributed by atoms with Gasteiger partial charge in [0.2, 0.25) is 5.91 Å². The molecule has 0 spiro atoms. The smallest absolute Gasteiger partial charge is 0.220 e. The summed E-state index contributed by atoms with van der Waals surface area (Å²) in [4.78, 5) is 20.4. The van der Waals surface area contributed by atoms with Crippen LogP contribution in [0.4, 0.5) is 0 Å². The fourth-order valence-corrected chi connectivity index (χ4v) is 3.44. The van der Waals surface area contributed by atoms with E-state index in [0.29, 0.717) is 19.4 Å². The van der Waals surface area contributed by atoms with Crippen molar-refractivity contribution in [3.8, 4) is 0 Å². The van der Waals surface area contributed by atoms with Gasteiger partial charge in [-0.2, -0.15) is 0 Å². The van der Waals surface area contributed by atoms with E-state index in [4.69, 9.17) is 4.42 Å². The summed E-state index contributed by atoms with van der Waals surface area (Å²) in [6.07, 6.45) is 3.49. The van der Waals surface area contributed by atoms with Crippen LogP contribution >= 0.6 is 0 Å². The maximum Gasteiger partial charge on any atom is 0.220 e. The monoisotopic (exact) mass is 373 g/mol. The van der Waals surface area contributed by atoms with Crippen LogP contribution in [-0.4, -0.2) is 22.4 Å². The Hall–Kier alpha value is -3.34. The van der Waals surface area contributed by atoms with Crippen LogP contribution in [0.25, 0.3) is 11.0 Å². The predicted molar refractivity (Wildman–Crippen MR) is 109 cm³/mol. The molecule has 0 radical (unpaired) electrons. The molecule has 2 aromatic carbocycles. The van der Waals surface area contributed by atoms with E-state index in [0.717, 1.165) is 29.0 Å². The number of hydrogen-bond donors (Lipinski definition) is 2. The normalized spacial score (nSPS) is 12.1. The molecule has 2 N–H and O–H groups in total. The molecule has 1 atom stereocenters. The van der Waals surface area contributed by atoms with Gasteiger partial charge in [0.15, 0.2) is 0 Å². The number of benzene rings is 2. The third kappa shape index (κ3) is 4.49. The number of nitrogens with one attached hydrogen (secondary N) is 2. The first-order chi connectivity index (χ1) is 13.8. The molecule has 0 bridgehead atoms. The molecular formula is C23H23N3O2. The van der Waals surface area contributed by atoms with Crippen LogP contribution in [0.1, 0.15) is 29.5 Å². The fraction of sp³-hybridized carbons (Fsp3) is 0.217. The lowest BCUT2D eigenvalue weighted by molar-refractivity contribution is -0.121. The molecule has 5 heteroatoms. The molecule has 0 aliphatic rings. The van der Waals surface area contributed by atoms with Crippen molar-refractivity contribution in [2.24, 2.45) is 0 Å². The molecule has 0 fully saturated rings. The van der Waals surface area contributed by atoms with Gasteiger partial charge in [-0.25, -0.2) is 4.98 Å². The number of carbonyl (C=O) groups excluding carboxylic acids is 1. The fourth-order valence-electron chi connectivity index (χ4n) is 3.44. The zero-order valence-electron chi connectivity index (χ0n) is 15.6. The molecule has 0 saturated carbocycles. The average Bonchev–Trinajstić information content (AvgIpc) is 3.38. The van der Waals surface area contributed by atoms with Crippen LogP contribution < -0.4 is 5.32 Å². The van der Waals surface area contributed by atoms with E-state index in [1.807, 2.05) is 54.6 Å². The summed E-state index contributed by atoms with van der Waals surface area (Å²) in [5.74, 6) is 1.77. The summed E-state index contributed by atoms with van der Waals surface area (Å²) in [6, 6.07) is 21.9. The van der Waals surface area contributed by atoms with Crippen molar-refractivity contribution < 1.29 is 9.21 Å². The Morgan fingerprint density at radius 1 is 1.04 bits per heavy atom. The highest BCUT2D eigenvalue weighted by molar-refractivity contribution is 5.77. The van der Waals surface area contributed by atoms with E-state index in [1.165, 1.54) is 5.56 Å². The average molecular weight is 373 g/mol. The minimum absolute atomic E-state index is 0.0172. The number of aromatic amines is 1. The van der Waals surface area contributed by atoms with Crippen LogP contribution in [0, 0.1) is 0 Å². The zero-order chi connectivity index (χ0) is 19.2. The summed E-state index contributed by atoms with van der Waals surface area (Å²) in [5, 5.41) is 3.01. The third-order valence-electron chi connectivity index (χ3n) is 4.82. The first kappa shape index (κ1) is 18.0. The molecule has 142 valence electrons. The van der Waals surface area contributed by atoms with Crippen LogP contribution in [-0.2, 0) is 17.6 Å². The van der Waals surface area contributed by atoms with E-state index in [2.05, 4.69) is 27.4 Å². The van der Waals surface area contributed by atoms with E-state index in [-0.39, 0.29) is 11.8 Å². The maximum atomic E-state index is 12.5. The second-order valence-electron chi connectivity index (χ2n) is 6.91. The lowest BCUT2D eigenvalue weighted by Gasteiger charge is -2.14. The van der Waals surface area contributed by atoms with Crippen molar-refractivity contribution in [3.05, 3.63) is 90.1 Å². The molecule has 0 saturated heterocycles. The van der Waals surface area contributed by atoms with Crippen LogP contribution in [0.2, 0.25) is 0 Å². The number of furan rings is 1. The molecule has 4 aromatic rings. The van der Waals surface area contributed by atoms with Crippen LogP contribution in [0.15, 0.2) is 77.4 Å². The number of amides is 1. The lowest BCUT2D eigenvalue weighted by atomic mass is 9.93. The standard InChI is InChI=1S/C23H23N3O2/c27-23(24-13-12-22-25-19-9-4-5-10-20(19)26-22)16-18(21-11-6-14-28-21)15-17-7-2-1-3-8-17/h1-11,14,18H,12-13,15-16H2,(H,24,27)(H,25,26). The number of nitrogens with zero attached hydrogens (tertiary/aromatic N) is 1. The molecule has 2 aromatic heterocycles. The van der Waals surface area contributed by atoms with Crippen molar-refractivity contribution in [3.63, 3.8) is 0 Å². The highest BCUT2D eigenvalue weighted by Gasteiger charge is 2.19. The van der Waals surface area contributed by atoms with E-state index < -0.39 is 0 Å². The molecule has 5 nitrogen and oxygen atoms in total. The molecule has 28 heavy (non-hydrogen) atoms. The Bertz CT molecular complexity index is 989. The number of carbonyl (C=O) groups is 1. The Balaban J connectivity index is 1.33. The summed E-state index contributed by atoms with van der Waals surface area (Å²) in [5.41, 5.74) is 3.16. The van der Waals surface area contributed by atoms with Gasteiger partial charge in [0, 0.05) is 25.3 Å². The lowest BCUT2D eigenvalue weighted by Crippen LogP contribution is -2.27. The van der Waals surface area contributed by atoms with Gasteiger partial charge in [-0.15, -0.1) is 0 Å². The maximum absolute atomic E-state index is 12.5. The Labute approximate surface area is 163 Å². The number of para-hydroxylation sites is 2. The first-order valence-electron chi connectivity index (χ1n) is 9.55. The molecule has 1 amide bonds. The summed E-state index contributed by atoms with van der Waals surface area (Å²) in [7, 11) is 0. The van der Waals surface area contributed by atoms with E-state index in [1.54, 1.807) is 6.26 Å². The van der Waals surface area contributed by atoms with Crippen molar-refractivity contribution in [2.45, 2.75) is 25.2 Å². The van der Waals surface area contributed by atoms with E-state index in [9.17, 15) is 4.79 Å². The number of fused-ring (bicyclic) bond motifs is 1. The van der Waals surface area contributed by atoms with Gasteiger partial charge in [-0.05, 0) is 36.2 Å². The molecule has 4 rings (SSSR count). The minimum Gasteiger partial charge on any atom is -0.469 e. The molecule has 0 aliphatic carbocycles. The highest BCUT2D eigenvalue weighted by Crippen LogP contribution is 2.25. The number of rotatable bonds is 8. The van der Waals surface area contributed by atoms with Crippen LogP contribution in [0.5, 0.6) is 0 Å². The molecule has 1 unspecified atom stereocenters. The third-order valence-corrected chi connectivity index (χ3v) is 4.82. The number of hydrogen-bond acceptors (Lipinski definition) is 3. The van der Waals surface area contributed by atoms with Gasteiger partial charge in [-0.3, -0.25) is 4.79 Å². The largest absolute Gasteiger partial charge is 0.469 e. The van der Waals surface area contributed by atoms with Gasteiger partial charge in [0.05, 0.1) is 17.3 Å². The SMILES string of the molecule is O=C(CC(Cc1ccccc1)c1ccco1)NCCc1nc2ccccc2[nH]1. The minimum atomic E-state index is 0.0172. The second-order valence-corrected chi connectivity index (χ2v) is 6.91. The van der Waals surface area contributed by atoms with Crippen molar-refractivity contribution in [2.75, 3.05) is 6.54 Å². The number of H-pyrrole nitrogens is 1. The van der Waals surface area contributed by atoms with Gasteiger partial charge in [-0.1, -0.05) is 42.5 Å². The van der Waals surface area contributed by atoms with Crippen molar-refractivity contribution in [1.82, 2.24) is 15.3 Å². The number of aromatic nitrogens is 2. The first-order valence-corrected chi connectivity index (χ1v) is 9.55. The van der Waals surface area contributed by atoms with Gasteiger partial charge >= 0.3 is 0 Å². The van der Waals surface area contributed by atoms with Gasteiger partial charge in [0.25, 0.3) is 0 Å². The Morgan fingerprint density at radius 3 is 2.64 bits per heavy atom. The topological polar surface area (TPSA) is 70.9 Å². The molecular weight excluding hydrogens is 350 g/mol. The molecule has 0 aliphatic heterocycles. The quantitative estimate of drug-likeness (QED) is 0.485. The molecule has 2 heterocycles. The van der Waals surface area contributed by atoms with Crippen LogP contribution in [0.3, 0.4) is 0 Å². The highest BCUT2D eigenvalue weighted by atomic mass is 16.3. The summed E-state index contributed by atoms with van der Waals surface area (Å²) < 4.78 is 5.58. The number of imidazole rings is 1. The van der Waals surface area contributed by atoms with Crippen molar-refractivity contribution >= 4 is 16.9 Å².